The zero-order valence-corrected chi connectivity index (χ0v) is 17.9. The van der Waals surface area contributed by atoms with Crippen LogP contribution in [0, 0.1) is 45.9 Å². The summed E-state index contributed by atoms with van der Waals surface area (Å²) in [6, 6.07) is 4.58. The van der Waals surface area contributed by atoms with E-state index < -0.39 is 0 Å². The van der Waals surface area contributed by atoms with Crippen LogP contribution in [0.2, 0.25) is 0 Å². The Morgan fingerprint density at radius 2 is 1.79 bits per heavy atom. The molecule has 0 saturated carbocycles. The van der Waals surface area contributed by atoms with Crippen molar-refractivity contribution in [3.63, 3.8) is 0 Å². The minimum Gasteiger partial charge on any atom is -0.350 e. The van der Waals surface area contributed by atoms with Gasteiger partial charge < -0.3 is 4.57 Å². The molecule has 2 heterocycles. The maximum absolute atomic E-state index is 9.48. The first-order valence-corrected chi connectivity index (χ1v) is 9.91. The largest absolute Gasteiger partial charge is 0.350 e. The number of fused-ring (bicyclic) bond motifs is 2. The van der Waals surface area contributed by atoms with Crippen molar-refractivity contribution in [3.8, 4) is 6.07 Å². The van der Waals surface area contributed by atoms with Crippen LogP contribution in [-0.2, 0) is 13.5 Å². The quantitative estimate of drug-likeness (QED) is 0.579. The Labute approximate surface area is 167 Å². The van der Waals surface area contributed by atoms with Gasteiger partial charge >= 0.3 is 0 Å². The normalized spacial score (nSPS) is 14.1. The first-order chi connectivity index (χ1) is 13.3. The first-order valence-electron chi connectivity index (χ1n) is 9.91. The van der Waals surface area contributed by atoms with Crippen molar-refractivity contribution in [1.82, 2.24) is 9.55 Å². The van der Waals surface area contributed by atoms with Crippen molar-refractivity contribution in [1.29, 1.82) is 5.26 Å². The van der Waals surface area contributed by atoms with E-state index in [1.807, 2.05) is 13.8 Å². The van der Waals surface area contributed by atoms with E-state index in [9.17, 15) is 5.26 Å². The molecule has 0 spiro atoms. The molecule has 28 heavy (non-hydrogen) atoms. The monoisotopic (exact) mass is 369 g/mol. The van der Waals surface area contributed by atoms with Gasteiger partial charge in [-0.05, 0) is 68.5 Å². The fraction of sp³-hybridized carbons (Fsp3) is 0.360. The number of allylic oxidation sites excluding steroid dienone is 1. The Bertz CT molecular complexity index is 1220. The topological polar surface area (TPSA) is 41.6 Å². The van der Waals surface area contributed by atoms with Gasteiger partial charge in [0.05, 0.1) is 22.5 Å². The van der Waals surface area contributed by atoms with Crippen molar-refractivity contribution in [3.05, 3.63) is 68.2 Å². The lowest BCUT2D eigenvalue weighted by molar-refractivity contribution is 0.853. The van der Waals surface area contributed by atoms with Crippen molar-refractivity contribution < 1.29 is 0 Å². The molecule has 4 rings (SSSR count). The lowest BCUT2D eigenvalue weighted by Gasteiger charge is -2.21. The summed E-state index contributed by atoms with van der Waals surface area (Å²) in [7, 11) is 2.13. The summed E-state index contributed by atoms with van der Waals surface area (Å²) in [5.74, 6) is 0.309. The third-order valence-corrected chi connectivity index (χ3v) is 6.80. The van der Waals surface area contributed by atoms with Crippen LogP contribution in [0.1, 0.15) is 63.2 Å². The van der Waals surface area contributed by atoms with Crippen LogP contribution >= 0.6 is 0 Å². The fourth-order valence-corrected chi connectivity index (χ4v) is 4.96. The molecular formula is C25H27N3. The number of rotatable bonds is 2. The van der Waals surface area contributed by atoms with Crippen molar-refractivity contribution >= 4 is 17.0 Å². The number of benzene rings is 1. The summed E-state index contributed by atoms with van der Waals surface area (Å²) in [5.41, 5.74) is 13.2. The molecular weight excluding hydrogens is 342 g/mol. The van der Waals surface area contributed by atoms with Crippen LogP contribution in [0.15, 0.2) is 17.8 Å². The molecule has 1 aliphatic carbocycles. The number of nitriles is 1. The lowest BCUT2D eigenvalue weighted by Crippen LogP contribution is -2.06. The minimum absolute atomic E-state index is 0.309. The summed E-state index contributed by atoms with van der Waals surface area (Å²) in [5, 5.41) is 10.8. The molecule has 1 aliphatic rings. The number of hydrogen-bond acceptors (Lipinski definition) is 2. The third-order valence-electron chi connectivity index (χ3n) is 6.80. The second-order valence-corrected chi connectivity index (χ2v) is 8.26. The standard InChI is InChI=1S/C25H27N3/c1-13-14(2)24(20-8-9-28(7)25(20)15(13)3)16(4)19-10-21-17(5)22(12-26)18(6)27-23(21)11-19/h8-10,16H,11H2,1-7H3. The van der Waals surface area contributed by atoms with E-state index >= 15 is 0 Å². The van der Waals surface area contributed by atoms with Gasteiger partial charge in [0.2, 0.25) is 0 Å². The van der Waals surface area contributed by atoms with Crippen LogP contribution < -0.4 is 0 Å². The molecule has 0 amide bonds. The molecule has 0 saturated heterocycles. The molecule has 0 aliphatic heterocycles. The molecule has 0 radical (unpaired) electrons. The van der Waals surface area contributed by atoms with Crippen LogP contribution in [0.5, 0.6) is 0 Å². The van der Waals surface area contributed by atoms with E-state index in [0.717, 1.165) is 34.5 Å². The van der Waals surface area contributed by atoms with Gasteiger partial charge in [0, 0.05) is 36.5 Å². The molecule has 3 nitrogen and oxygen atoms in total. The zero-order valence-electron chi connectivity index (χ0n) is 17.9. The second-order valence-electron chi connectivity index (χ2n) is 8.26. The predicted octanol–water partition coefficient (Wildman–Crippen LogP) is 5.73. The van der Waals surface area contributed by atoms with E-state index in [2.05, 4.69) is 63.7 Å². The van der Waals surface area contributed by atoms with E-state index in [0.29, 0.717) is 5.92 Å². The number of aryl methyl sites for hydroxylation is 3. The van der Waals surface area contributed by atoms with Gasteiger partial charge in [0.25, 0.3) is 0 Å². The molecule has 0 N–H and O–H groups in total. The second kappa shape index (κ2) is 6.34. The van der Waals surface area contributed by atoms with Crippen LogP contribution in [-0.4, -0.2) is 9.55 Å². The smallest absolute Gasteiger partial charge is 0.101 e. The van der Waals surface area contributed by atoms with Crippen molar-refractivity contribution in [2.75, 3.05) is 0 Å². The van der Waals surface area contributed by atoms with Crippen LogP contribution in [0.25, 0.3) is 17.0 Å². The molecule has 0 fully saturated rings. The van der Waals surface area contributed by atoms with Crippen molar-refractivity contribution in [2.24, 2.45) is 7.05 Å². The van der Waals surface area contributed by atoms with Crippen LogP contribution in [0.3, 0.4) is 0 Å². The average Bonchev–Trinajstić information content (AvgIpc) is 3.24. The molecule has 1 atom stereocenters. The predicted molar refractivity (Wildman–Crippen MR) is 116 cm³/mol. The highest BCUT2D eigenvalue weighted by molar-refractivity contribution is 5.90. The highest BCUT2D eigenvalue weighted by Crippen LogP contribution is 2.41. The molecule has 1 unspecified atom stereocenters. The zero-order chi connectivity index (χ0) is 20.3. The van der Waals surface area contributed by atoms with Gasteiger partial charge in [0.15, 0.2) is 0 Å². The summed E-state index contributed by atoms with van der Waals surface area (Å²) in [6.45, 7) is 13.0. The Morgan fingerprint density at radius 3 is 2.46 bits per heavy atom. The Kier molecular flexibility index (Phi) is 4.19. The number of pyridine rings is 1. The van der Waals surface area contributed by atoms with Gasteiger partial charge in [-0.3, -0.25) is 4.98 Å². The Hall–Kier alpha value is -2.86. The van der Waals surface area contributed by atoms with Gasteiger partial charge in [-0.1, -0.05) is 18.6 Å². The highest BCUT2D eigenvalue weighted by atomic mass is 14.9. The molecule has 3 heteroatoms. The Morgan fingerprint density at radius 1 is 1.07 bits per heavy atom. The molecule has 3 aromatic rings. The lowest BCUT2D eigenvalue weighted by atomic mass is 9.83. The number of hydrogen-bond donors (Lipinski definition) is 0. The van der Waals surface area contributed by atoms with E-state index in [1.54, 1.807) is 0 Å². The van der Waals surface area contributed by atoms with Crippen LogP contribution in [0.4, 0.5) is 0 Å². The molecule has 0 bridgehead atoms. The van der Waals surface area contributed by atoms with Gasteiger partial charge in [-0.25, -0.2) is 0 Å². The highest BCUT2D eigenvalue weighted by Gasteiger charge is 2.26. The summed E-state index contributed by atoms with van der Waals surface area (Å²) in [6.07, 6.45) is 5.31. The first kappa shape index (κ1) is 18.5. The third kappa shape index (κ3) is 2.44. The van der Waals surface area contributed by atoms with Gasteiger partial charge in [0.1, 0.15) is 6.07 Å². The summed E-state index contributed by atoms with van der Waals surface area (Å²) >= 11 is 0. The molecule has 142 valence electrons. The molecule has 1 aromatic carbocycles. The minimum atomic E-state index is 0.309. The SMILES string of the molecule is Cc1nc2c(c(C)c1C#N)C=C(C(C)c1c(C)c(C)c(C)c3c1ccn3C)C2. The summed E-state index contributed by atoms with van der Waals surface area (Å²) in [4.78, 5) is 4.75. The summed E-state index contributed by atoms with van der Waals surface area (Å²) < 4.78 is 2.24. The van der Waals surface area contributed by atoms with Gasteiger partial charge in [-0.2, -0.15) is 5.26 Å². The number of nitrogens with zero attached hydrogens (tertiary/aromatic N) is 3. The molecule has 2 aromatic heterocycles. The van der Waals surface area contributed by atoms with E-state index in [-0.39, 0.29) is 0 Å². The van der Waals surface area contributed by atoms with E-state index in [1.165, 1.54) is 38.7 Å². The number of aromatic nitrogens is 2. The Balaban J connectivity index is 1.88. The van der Waals surface area contributed by atoms with Crippen molar-refractivity contribution in [2.45, 2.75) is 53.9 Å². The fourth-order valence-electron chi connectivity index (χ4n) is 4.96. The maximum Gasteiger partial charge on any atom is 0.101 e. The average molecular weight is 370 g/mol. The maximum atomic E-state index is 9.48. The van der Waals surface area contributed by atoms with Gasteiger partial charge in [-0.15, -0.1) is 0 Å². The van der Waals surface area contributed by atoms with E-state index in [4.69, 9.17) is 4.98 Å².